The lowest BCUT2D eigenvalue weighted by molar-refractivity contribution is -0.186. The Kier molecular flexibility index (Phi) is 8.07. The van der Waals surface area contributed by atoms with Gasteiger partial charge in [-0.1, -0.05) is 0 Å². The molecule has 1 rings (SSSR count). The van der Waals surface area contributed by atoms with Gasteiger partial charge in [-0.25, -0.2) is 0 Å². The van der Waals surface area contributed by atoms with E-state index < -0.39 is 71.5 Å². The minimum atomic E-state index is -1.63. The molecule has 30 heavy (non-hydrogen) atoms. The number of carbonyl (C=O) groups is 3. The molecule has 1 saturated heterocycles. The summed E-state index contributed by atoms with van der Waals surface area (Å²) in [4.78, 5) is 36.8. The van der Waals surface area contributed by atoms with E-state index in [4.69, 9.17) is 18.9 Å². The van der Waals surface area contributed by atoms with Crippen LogP contribution in [0.25, 0.3) is 0 Å². The van der Waals surface area contributed by atoms with Crippen molar-refractivity contribution in [3.05, 3.63) is 0 Å². The van der Waals surface area contributed by atoms with E-state index in [2.05, 4.69) is 0 Å². The average Bonchev–Trinajstić information content (AvgIpc) is 2.86. The highest BCUT2D eigenvalue weighted by Gasteiger charge is 2.53. The largest absolute Gasteiger partial charge is 0.462 e. The Hall–Kier alpha value is -1.71. The molecule has 2 N–H and O–H groups in total. The van der Waals surface area contributed by atoms with Crippen molar-refractivity contribution < 1.29 is 43.5 Å². The van der Waals surface area contributed by atoms with Crippen LogP contribution in [-0.2, 0) is 33.3 Å². The van der Waals surface area contributed by atoms with Gasteiger partial charge in [0.15, 0.2) is 18.5 Å². The molecule has 0 bridgehead atoms. The molecule has 0 aliphatic carbocycles. The Morgan fingerprint density at radius 1 is 0.800 bits per heavy atom. The van der Waals surface area contributed by atoms with Crippen LogP contribution < -0.4 is 0 Å². The molecule has 0 aromatic carbocycles. The van der Waals surface area contributed by atoms with Crippen molar-refractivity contribution in [2.75, 3.05) is 6.61 Å². The van der Waals surface area contributed by atoms with Gasteiger partial charge in [0.25, 0.3) is 0 Å². The topological polar surface area (TPSA) is 129 Å². The Morgan fingerprint density at radius 3 is 1.60 bits per heavy atom. The summed E-state index contributed by atoms with van der Waals surface area (Å²) >= 11 is 0. The third-order valence-corrected chi connectivity index (χ3v) is 4.31. The lowest BCUT2D eigenvalue weighted by Gasteiger charge is -2.30. The van der Waals surface area contributed by atoms with Crippen LogP contribution in [0.2, 0.25) is 0 Å². The first-order valence-corrected chi connectivity index (χ1v) is 9.96. The van der Waals surface area contributed by atoms with Crippen molar-refractivity contribution in [3.8, 4) is 0 Å². The highest BCUT2D eigenvalue weighted by molar-refractivity contribution is 5.77. The van der Waals surface area contributed by atoms with Crippen molar-refractivity contribution in [3.63, 3.8) is 0 Å². The van der Waals surface area contributed by atoms with Gasteiger partial charge in [-0.05, 0) is 62.3 Å². The maximum absolute atomic E-state index is 12.5. The minimum Gasteiger partial charge on any atom is -0.462 e. The number of esters is 3. The van der Waals surface area contributed by atoms with E-state index in [9.17, 15) is 24.6 Å². The van der Waals surface area contributed by atoms with Gasteiger partial charge < -0.3 is 29.2 Å². The lowest BCUT2D eigenvalue weighted by atomic mass is 9.96. The van der Waals surface area contributed by atoms with Crippen LogP contribution >= 0.6 is 0 Å². The number of aliphatic hydroxyl groups excluding tert-OH is 2. The van der Waals surface area contributed by atoms with Gasteiger partial charge in [-0.15, -0.1) is 0 Å². The zero-order valence-corrected chi connectivity index (χ0v) is 19.3. The van der Waals surface area contributed by atoms with Crippen molar-refractivity contribution in [1.82, 2.24) is 0 Å². The molecule has 1 heterocycles. The predicted molar refractivity (Wildman–Crippen MR) is 106 cm³/mol. The minimum absolute atomic E-state index is 0.447. The third-order valence-electron chi connectivity index (χ3n) is 4.31. The molecule has 1 unspecified atom stereocenters. The van der Waals surface area contributed by atoms with Crippen LogP contribution in [0.1, 0.15) is 62.3 Å². The van der Waals surface area contributed by atoms with E-state index in [1.54, 1.807) is 62.3 Å². The summed E-state index contributed by atoms with van der Waals surface area (Å²) in [6.07, 6.45) is -6.96. The summed E-state index contributed by atoms with van der Waals surface area (Å²) in [6.45, 7) is 14.3. The number of hydrogen-bond acceptors (Lipinski definition) is 9. The van der Waals surface area contributed by atoms with E-state index in [0.717, 1.165) is 0 Å². The fourth-order valence-electron chi connectivity index (χ4n) is 2.31. The molecule has 9 nitrogen and oxygen atoms in total. The molecular formula is C21H36O9. The van der Waals surface area contributed by atoms with Crippen molar-refractivity contribution >= 4 is 17.9 Å². The number of rotatable bonds is 5. The zero-order valence-electron chi connectivity index (χ0n) is 19.3. The van der Waals surface area contributed by atoms with E-state index in [-0.39, 0.29) is 0 Å². The third kappa shape index (κ3) is 6.92. The highest BCUT2D eigenvalue weighted by atomic mass is 16.7. The van der Waals surface area contributed by atoms with Gasteiger partial charge in [0.05, 0.1) is 16.2 Å². The van der Waals surface area contributed by atoms with Gasteiger partial charge in [0.2, 0.25) is 0 Å². The first kappa shape index (κ1) is 26.3. The fourth-order valence-corrected chi connectivity index (χ4v) is 2.31. The molecule has 5 atom stereocenters. The predicted octanol–water partition coefficient (Wildman–Crippen LogP) is 1.57. The van der Waals surface area contributed by atoms with Gasteiger partial charge >= 0.3 is 17.9 Å². The molecule has 0 amide bonds. The molecule has 1 aliphatic rings. The summed E-state index contributed by atoms with van der Waals surface area (Å²) in [5.41, 5.74) is -2.55. The Bertz CT molecular complexity index is 636. The molecule has 1 aliphatic heterocycles. The van der Waals surface area contributed by atoms with Crippen LogP contribution in [0, 0.1) is 16.2 Å². The number of ether oxygens (including phenoxy) is 4. The lowest BCUT2D eigenvalue weighted by Crippen LogP contribution is -2.48. The molecule has 0 spiro atoms. The summed E-state index contributed by atoms with van der Waals surface area (Å²) < 4.78 is 21.3. The second-order valence-electron chi connectivity index (χ2n) is 10.6. The van der Waals surface area contributed by atoms with Gasteiger partial charge in [-0.3, -0.25) is 14.4 Å². The van der Waals surface area contributed by atoms with Crippen molar-refractivity contribution in [2.45, 2.75) is 93.0 Å². The monoisotopic (exact) mass is 432 g/mol. The fraction of sp³-hybridized carbons (Fsp3) is 0.857. The van der Waals surface area contributed by atoms with E-state index in [1.165, 1.54) is 0 Å². The molecule has 174 valence electrons. The van der Waals surface area contributed by atoms with Gasteiger partial charge in [-0.2, -0.15) is 0 Å². The molecular weight excluding hydrogens is 396 g/mol. The van der Waals surface area contributed by atoms with Gasteiger partial charge in [0.1, 0.15) is 18.8 Å². The normalized spacial score (nSPS) is 26.1. The molecule has 0 radical (unpaired) electrons. The van der Waals surface area contributed by atoms with E-state index >= 15 is 0 Å². The zero-order chi connectivity index (χ0) is 23.7. The standard InChI is InChI=1S/C21H36O9/c1-19(2,3)16(24)27-10-11(22)12-13(29-17(25)20(4,5)6)14(15(23)28-12)30-18(26)21(7,8)9/h11-15,22-23H,10H2,1-9H3/t11?,12-,13-,14+,15-/m0/s1. The first-order valence-electron chi connectivity index (χ1n) is 9.96. The Labute approximate surface area is 178 Å². The smallest absolute Gasteiger partial charge is 0.311 e. The second kappa shape index (κ2) is 9.20. The van der Waals surface area contributed by atoms with Crippen molar-refractivity contribution in [1.29, 1.82) is 0 Å². The highest BCUT2D eigenvalue weighted by Crippen LogP contribution is 2.32. The quantitative estimate of drug-likeness (QED) is 0.491. The summed E-state index contributed by atoms with van der Waals surface area (Å²) in [6, 6.07) is 0. The van der Waals surface area contributed by atoms with Crippen LogP contribution in [0.15, 0.2) is 0 Å². The molecule has 0 aromatic heterocycles. The van der Waals surface area contributed by atoms with Crippen molar-refractivity contribution in [2.24, 2.45) is 16.2 Å². The van der Waals surface area contributed by atoms with Crippen LogP contribution in [0.4, 0.5) is 0 Å². The van der Waals surface area contributed by atoms with Crippen LogP contribution in [0.5, 0.6) is 0 Å². The SMILES string of the molecule is CC(C)(C)C(=O)OCC(O)[C@@H]1O[C@H](O)[C@H](OC(=O)C(C)(C)C)[C@H]1OC(=O)C(C)(C)C. The second-order valence-corrected chi connectivity index (χ2v) is 10.6. The van der Waals surface area contributed by atoms with Crippen LogP contribution in [0.3, 0.4) is 0 Å². The summed E-state index contributed by atoms with van der Waals surface area (Å²) in [5.74, 6) is -1.81. The summed E-state index contributed by atoms with van der Waals surface area (Å²) in [5, 5.41) is 20.8. The van der Waals surface area contributed by atoms with Crippen LogP contribution in [-0.4, -0.2) is 65.4 Å². The maximum atomic E-state index is 12.5. The molecule has 1 fully saturated rings. The number of carbonyl (C=O) groups excluding carboxylic acids is 3. The maximum Gasteiger partial charge on any atom is 0.311 e. The average molecular weight is 433 g/mol. The van der Waals surface area contributed by atoms with E-state index in [0.29, 0.717) is 0 Å². The molecule has 0 aromatic rings. The Morgan fingerprint density at radius 2 is 1.20 bits per heavy atom. The Balaban J connectivity index is 3.06. The number of hydrogen-bond donors (Lipinski definition) is 2. The van der Waals surface area contributed by atoms with Gasteiger partial charge in [0, 0.05) is 0 Å². The molecule has 9 heteroatoms. The number of aliphatic hydroxyl groups is 2. The summed E-state index contributed by atoms with van der Waals surface area (Å²) in [7, 11) is 0. The molecule has 0 saturated carbocycles. The first-order chi connectivity index (χ1) is 13.4. The van der Waals surface area contributed by atoms with E-state index in [1.807, 2.05) is 0 Å².